The van der Waals surface area contributed by atoms with Crippen molar-refractivity contribution in [2.45, 2.75) is 12.5 Å². The number of aromatic nitrogens is 2. The number of nitrogens with zero attached hydrogens (tertiary/aromatic N) is 2. The number of hydrogen-bond donors (Lipinski definition) is 2. The number of fused-ring (bicyclic) bond motifs is 1. The molecule has 178 valence electrons. The van der Waals surface area contributed by atoms with Crippen molar-refractivity contribution in [3.8, 4) is 5.69 Å². The minimum Gasteiger partial charge on any atom is -0.480 e. The maximum atomic E-state index is 13.0. The van der Waals surface area contributed by atoms with Gasteiger partial charge in [-0.15, -0.1) is 0 Å². The van der Waals surface area contributed by atoms with E-state index in [-0.39, 0.29) is 22.0 Å². The van der Waals surface area contributed by atoms with E-state index in [1.165, 1.54) is 16.7 Å². The van der Waals surface area contributed by atoms with Crippen molar-refractivity contribution in [3.63, 3.8) is 0 Å². The number of aryl methyl sites for hydroxylation is 1. The zero-order chi connectivity index (χ0) is 25.3. The Morgan fingerprint density at radius 3 is 2.20 bits per heavy atom. The minimum absolute atomic E-state index is 0.0102. The number of aliphatic carboxylic acids is 1. The van der Waals surface area contributed by atoms with E-state index in [2.05, 4.69) is 5.32 Å². The number of amides is 1. The molecule has 4 aromatic rings. The van der Waals surface area contributed by atoms with E-state index >= 15 is 0 Å². The van der Waals surface area contributed by atoms with Crippen molar-refractivity contribution < 1.29 is 14.7 Å². The molecule has 1 heterocycles. The molecule has 0 saturated carbocycles. The highest BCUT2D eigenvalue weighted by Gasteiger charge is 2.24. The van der Waals surface area contributed by atoms with Gasteiger partial charge in [0.1, 0.15) is 6.04 Å². The van der Waals surface area contributed by atoms with Gasteiger partial charge in [-0.3, -0.25) is 14.2 Å². The molecule has 0 radical (unpaired) electrons. The summed E-state index contributed by atoms with van der Waals surface area (Å²) >= 11 is 12.1. The van der Waals surface area contributed by atoms with Gasteiger partial charge < -0.3 is 10.4 Å². The lowest BCUT2D eigenvalue weighted by molar-refractivity contribution is -0.139. The predicted molar refractivity (Wildman–Crippen MR) is 134 cm³/mol. The van der Waals surface area contributed by atoms with Gasteiger partial charge in [-0.25, -0.2) is 14.2 Å². The molecule has 0 aliphatic carbocycles. The second kappa shape index (κ2) is 9.77. The van der Waals surface area contributed by atoms with E-state index in [9.17, 15) is 24.3 Å². The standard InChI is InChI=1S/C25H19Cl2N3O5/c1-29-20-8-3-2-5-16(20)23(32)30(25(29)35)15-11-9-14(10-12-15)13-19(24(33)34)28-22(31)21-17(26)6-4-7-18(21)27/h2-12,19H,13H2,1H3,(H,28,31)(H,33,34)/t19-/m0/s1. The molecule has 0 saturated heterocycles. The smallest absolute Gasteiger partial charge is 0.335 e. The van der Waals surface area contributed by atoms with Crippen molar-refractivity contribution in [1.82, 2.24) is 14.5 Å². The van der Waals surface area contributed by atoms with E-state index in [1.807, 2.05) is 0 Å². The first-order chi connectivity index (χ1) is 16.7. The molecular weight excluding hydrogens is 493 g/mol. The number of benzene rings is 3. The maximum absolute atomic E-state index is 13.0. The number of halogens is 2. The van der Waals surface area contributed by atoms with Crippen LogP contribution in [0.2, 0.25) is 10.0 Å². The number of nitrogens with one attached hydrogen (secondary N) is 1. The van der Waals surface area contributed by atoms with Crippen molar-refractivity contribution in [3.05, 3.63) is 109 Å². The lowest BCUT2D eigenvalue weighted by atomic mass is 10.0. The number of para-hydroxylation sites is 1. The molecule has 4 rings (SSSR count). The van der Waals surface area contributed by atoms with Gasteiger partial charge in [0.05, 0.1) is 32.2 Å². The monoisotopic (exact) mass is 511 g/mol. The fourth-order valence-electron chi connectivity index (χ4n) is 3.80. The van der Waals surface area contributed by atoms with Crippen LogP contribution in [-0.4, -0.2) is 32.2 Å². The maximum Gasteiger partial charge on any atom is 0.335 e. The third-order valence-electron chi connectivity index (χ3n) is 5.60. The predicted octanol–water partition coefficient (Wildman–Crippen LogP) is 3.42. The Labute approximate surface area is 209 Å². The van der Waals surface area contributed by atoms with Crippen LogP contribution >= 0.6 is 23.2 Å². The molecule has 10 heteroatoms. The molecule has 8 nitrogen and oxygen atoms in total. The summed E-state index contributed by atoms with van der Waals surface area (Å²) < 4.78 is 2.45. The summed E-state index contributed by atoms with van der Waals surface area (Å²) in [4.78, 5) is 50.3. The second-order valence-corrected chi connectivity index (χ2v) is 8.65. The summed E-state index contributed by atoms with van der Waals surface area (Å²) in [5.74, 6) is -1.96. The zero-order valence-corrected chi connectivity index (χ0v) is 19.9. The van der Waals surface area contributed by atoms with Gasteiger partial charge in [0, 0.05) is 13.5 Å². The highest BCUT2D eigenvalue weighted by Crippen LogP contribution is 2.24. The van der Waals surface area contributed by atoms with Gasteiger partial charge in [-0.05, 0) is 42.0 Å². The van der Waals surface area contributed by atoms with Crippen LogP contribution in [0, 0.1) is 0 Å². The molecular formula is C25H19Cl2N3O5. The molecule has 2 N–H and O–H groups in total. The summed E-state index contributed by atoms with van der Waals surface area (Å²) in [5.41, 5.74) is 0.455. The Morgan fingerprint density at radius 2 is 1.57 bits per heavy atom. The van der Waals surface area contributed by atoms with Crippen LogP contribution in [-0.2, 0) is 18.3 Å². The van der Waals surface area contributed by atoms with Crippen LogP contribution < -0.4 is 16.6 Å². The Kier molecular flexibility index (Phi) is 6.77. The van der Waals surface area contributed by atoms with E-state index in [1.54, 1.807) is 61.6 Å². The van der Waals surface area contributed by atoms with Crippen LogP contribution in [0.15, 0.2) is 76.3 Å². The summed E-state index contributed by atoms with van der Waals surface area (Å²) in [5, 5.41) is 12.7. The Hall–Kier alpha value is -3.88. The number of carboxylic acids is 1. The third kappa shape index (κ3) is 4.71. The minimum atomic E-state index is -1.27. The number of rotatable bonds is 6. The third-order valence-corrected chi connectivity index (χ3v) is 6.23. The van der Waals surface area contributed by atoms with Gasteiger partial charge >= 0.3 is 11.7 Å². The molecule has 1 atom stereocenters. The number of hydrogen-bond acceptors (Lipinski definition) is 4. The molecule has 0 bridgehead atoms. The van der Waals surface area contributed by atoms with Crippen LogP contribution in [0.4, 0.5) is 0 Å². The summed E-state index contributed by atoms with van der Waals surface area (Å²) in [6.07, 6.45) is -0.0476. The SMILES string of the molecule is Cn1c(=O)n(-c2ccc(C[C@H](NC(=O)c3c(Cl)cccc3Cl)C(=O)O)cc2)c(=O)c2ccccc21. The second-order valence-electron chi connectivity index (χ2n) is 7.83. The summed E-state index contributed by atoms with van der Waals surface area (Å²) in [7, 11) is 1.58. The number of carbonyl (C=O) groups is 2. The largest absolute Gasteiger partial charge is 0.480 e. The van der Waals surface area contributed by atoms with Gasteiger partial charge in [-0.1, -0.05) is 53.5 Å². The van der Waals surface area contributed by atoms with Crippen LogP contribution in [0.1, 0.15) is 15.9 Å². The van der Waals surface area contributed by atoms with Crippen molar-refractivity contribution in [2.24, 2.45) is 7.05 Å². The topological polar surface area (TPSA) is 110 Å². The van der Waals surface area contributed by atoms with Gasteiger partial charge in [0.25, 0.3) is 11.5 Å². The lowest BCUT2D eigenvalue weighted by Gasteiger charge is -2.16. The highest BCUT2D eigenvalue weighted by molar-refractivity contribution is 6.39. The van der Waals surface area contributed by atoms with E-state index in [4.69, 9.17) is 23.2 Å². The number of carboxylic acid groups (broad SMARTS) is 1. The first-order valence-corrected chi connectivity index (χ1v) is 11.2. The molecule has 0 fully saturated rings. The Balaban J connectivity index is 1.61. The van der Waals surface area contributed by atoms with Crippen LogP contribution in [0.5, 0.6) is 0 Å². The van der Waals surface area contributed by atoms with E-state index in [0.29, 0.717) is 22.2 Å². The first kappa shape index (κ1) is 24.3. The van der Waals surface area contributed by atoms with E-state index < -0.39 is 29.2 Å². The Bertz CT molecular complexity index is 1560. The normalized spacial score (nSPS) is 11.9. The van der Waals surface area contributed by atoms with Gasteiger partial charge in [-0.2, -0.15) is 0 Å². The molecule has 1 amide bonds. The molecule has 0 spiro atoms. The zero-order valence-electron chi connectivity index (χ0n) is 18.4. The van der Waals surface area contributed by atoms with Crippen LogP contribution in [0.3, 0.4) is 0 Å². The molecule has 0 aliphatic heterocycles. The van der Waals surface area contributed by atoms with Crippen molar-refractivity contribution >= 4 is 46.0 Å². The van der Waals surface area contributed by atoms with Gasteiger partial charge in [0.15, 0.2) is 0 Å². The first-order valence-electron chi connectivity index (χ1n) is 10.5. The average Bonchev–Trinajstić information content (AvgIpc) is 2.83. The number of carbonyl (C=O) groups excluding carboxylic acids is 1. The summed E-state index contributed by atoms with van der Waals surface area (Å²) in [6, 6.07) is 16.4. The van der Waals surface area contributed by atoms with Crippen molar-refractivity contribution in [1.29, 1.82) is 0 Å². The Morgan fingerprint density at radius 1 is 0.943 bits per heavy atom. The molecule has 1 aromatic heterocycles. The molecule has 35 heavy (non-hydrogen) atoms. The molecule has 3 aromatic carbocycles. The fourth-order valence-corrected chi connectivity index (χ4v) is 4.37. The average molecular weight is 512 g/mol. The fraction of sp³-hybridized carbons (Fsp3) is 0.120. The van der Waals surface area contributed by atoms with Gasteiger partial charge in [0.2, 0.25) is 0 Å². The summed E-state index contributed by atoms with van der Waals surface area (Å²) in [6.45, 7) is 0. The quantitative estimate of drug-likeness (QED) is 0.412. The van der Waals surface area contributed by atoms with Crippen LogP contribution in [0.25, 0.3) is 16.6 Å². The highest BCUT2D eigenvalue weighted by atomic mass is 35.5. The molecule has 0 aliphatic rings. The lowest BCUT2D eigenvalue weighted by Crippen LogP contribution is -2.42. The molecule has 0 unspecified atom stereocenters. The van der Waals surface area contributed by atoms with E-state index in [0.717, 1.165) is 4.57 Å². The van der Waals surface area contributed by atoms with Crippen molar-refractivity contribution in [2.75, 3.05) is 0 Å².